The van der Waals surface area contributed by atoms with Gasteiger partial charge in [0, 0.05) is 0 Å². The van der Waals surface area contributed by atoms with Crippen molar-refractivity contribution in [1.82, 2.24) is 0 Å². The number of hydrogen-bond donors (Lipinski definition) is 2. The summed E-state index contributed by atoms with van der Waals surface area (Å²) in [6.07, 6.45) is 11.7. The molecule has 0 aromatic heterocycles. The third-order valence-electron chi connectivity index (χ3n) is 5.42. The highest BCUT2D eigenvalue weighted by molar-refractivity contribution is 6.03. The Morgan fingerprint density at radius 1 is 0.719 bits per heavy atom. The molecule has 6 nitrogen and oxygen atoms in total. The van der Waals surface area contributed by atoms with Crippen LogP contribution in [0.4, 0.5) is 0 Å². The number of ether oxygens (including phenoxy) is 1. The molecule has 0 saturated carbocycles. The maximum Gasteiger partial charge on any atom is 0.344 e. The second-order valence-electron chi connectivity index (χ2n) is 7.98. The van der Waals surface area contributed by atoms with Crippen molar-refractivity contribution in [2.45, 2.75) is 71.1 Å². The molecule has 0 unspecified atom stereocenters. The molecule has 0 aliphatic rings. The molecule has 2 aromatic rings. The second-order valence-corrected chi connectivity index (χ2v) is 7.98. The van der Waals surface area contributed by atoms with Gasteiger partial charge in [-0.15, -0.1) is 0 Å². The standard InChI is InChI=1S/C26H32O6/c1-2-3-4-5-6-7-8-9-10-11-19-12-17-22(23(18-19)25(29)30)26(31)32-21-15-13-20(14-16-21)24(27)28/h12-18H,2-11H2,1H3,(H,27,28)(H,29,30). The minimum Gasteiger partial charge on any atom is -0.478 e. The van der Waals surface area contributed by atoms with Crippen LogP contribution in [0.1, 0.15) is 101 Å². The Morgan fingerprint density at radius 2 is 1.31 bits per heavy atom. The summed E-state index contributed by atoms with van der Waals surface area (Å²) in [4.78, 5) is 35.1. The van der Waals surface area contributed by atoms with E-state index in [1.165, 1.54) is 81.3 Å². The van der Waals surface area contributed by atoms with Gasteiger partial charge in [-0.2, -0.15) is 0 Å². The predicted molar refractivity (Wildman–Crippen MR) is 123 cm³/mol. The highest BCUT2D eigenvalue weighted by Crippen LogP contribution is 2.19. The van der Waals surface area contributed by atoms with E-state index in [1.807, 2.05) is 0 Å². The van der Waals surface area contributed by atoms with E-state index in [0.717, 1.165) is 24.8 Å². The maximum atomic E-state index is 12.5. The molecule has 0 aliphatic carbocycles. The van der Waals surface area contributed by atoms with Crippen LogP contribution in [-0.2, 0) is 6.42 Å². The summed E-state index contributed by atoms with van der Waals surface area (Å²) in [6, 6.07) is 10.1. The number of carbonyl (C=O) groups excluding carboxylic acids is 1. The number of aromatic carboxylic acids is 2. The minimum absolute atomic E-state index is 0.0318. The van der Waals surface area contributed by atoms with Crippen molar-refractivity contribution < 1.29 is 29.3 Å². The molecule has 32 heavy (non-hydrogen) atoms. The molecule has 2 rings (SSSR count). The SMILES string of the molecule is CCCCCCCCCCCc1ccc(C(=O)Oc2ccc(C(=O)O)cc2)c(C(=O)O)c1. The normalized spacial score (nSPS) is 10.7. The van der Waals surface area contributed by atoms with E-state index >= 15 is 0 Å². The first-order chi connectivity index (χ1) is 15.4. The average Bonchev–Trinajstić information content (AvgIpc) is 2.78. The zero-order valence-electron chi connectivity index (χ0n) is 18.6. The number of aryl methyl sites for hydroxylation is 1. The summed E-state index contributed by atoms with van der Waals surface area (Å²) >= 11 is 0. The van der Waals surface area contributed by atoms with E-state index in [1.54, 1.807) is 6.07 Å². The number of esters is 1. The lowest BCUT2D eigenvalue weighted by Gasteiger charge is -2.09. The molecule has 0 aliphatic heterocycles. The van der Waals surface area contributed by atoms with Crippen LogP contribution in [0.5, 0.6) is 5.75 Å². The number of benzene rings is 2. The lowest BCUT2D eigenvalue weighted by atomic mass is 9.99. The number of rotatable bonds is 14. The van der Waals surface area contributed by atoms with Gasteiger partial charge in [0.25, 0.3) is 0 Å². The van der Waals surface area contributed by atoms with Crippen LogP contribution < -0.4 is 4.74 Å². The fraction of sp³-hybridized carbons (Fsp3) is 0.423. The molecular weight excluding hydrogens is 408 g/mol. The Bertz CT molecular complexity index is 901. The molecule has 0 bridgehead atoms. The second kappa shape index (κ2) is 13.3. The summed E-state index contributed by atoms with van der Waals surface area (Å²) in [5.41, 5.74) is 0.825. The monoisotopic (exact) mass is 440 g/mol. The van der Waals surface area contributed by atoms with Gasteiger partial charge < -0.3 is 14.9 Å². The van der Waals surface area contributed by atoms with Crippen molar-refractivity contribution in [3.63, 3.8) is 0 Å². The average molecular weight is 441 g/mol. The molecule has 2 N–H and O–H groups in total. The van der Waals surface area contributed by atoms with Gasteiger partial charge in [-0.3, -0.25) is 0 Å². The van der Waals surface area contributed by atoms with Crippen LogP contribution >= 0.6 is 0 Å². The third-order valence-corrected chi connectivity index (χ3v) is 5.42. The first-order valence-corrected chi connectivity index (χ1v) is 11.3. The van der Waals surface area contributed by atoms with Gasteiger partial charge in [0.15, 0.2) is 0 Å². The number of unbranched alkanes of at least 4 members (excludes halogenated alkanes) is 8. The van der Waals surface area contributed by atoms with Crippen LogP contribution in [0.3, 0.4) is 0 Å². The molecule has 0 amide bonds. The first-order valence-electron chi connectivity index (χ1n) is 11.3. The van der Waals surface area contributed by atoms with E-state index in [0.29, 0.717) is 0 Å². The van der Waals surface area contributed by atoms with E-state index in [9.17, 15) is 19.5 Å². The van der Waals surface area contributed by atoms with Gasteiger partial charge in [-0.25, -0.2) is 14.4 Å². The lowest BCUT2D eigenvalue weighted by Crippen LogP contribution is -2.14. The fourth-order valence-electron chi connectivity index (χ4n) is 3.57. The molecule has 0 fully saturated rings. The summed E-state index contributed by atoms with van der Waals surface area (Å²) in [5.74, 6) is -2.92. The van der Waals surface area contributed by atoms with Crippen LogP contribution in [-0.4, -0.2) is 28.1 Å². The Balaban J connectivity index is 1.89. The highest BCUT2D eigenvalue weighted by Gasteiger charge is 2.19. The summed E-state index contributed by atoms with van der Waals surface area (Å²) in [6.45, 7) is 2.22. The smallest absolute Gasteiger partial charge is 0.344 e. The van der Waals surface area contributed by atoms with E-state index in [4.69, 9.17) is 9.84 Å². The number of carboxylic acids is 2. The first kappa shape index (κ1) is 25.1. The Hall–Kier alpha value is -3.15. The summed E-state index contributed by atoms with van der Waals surface area (Å²) < 4.78 is 5.23. The third kappa shape index (κ3) is 8.17. The fourth-order valence-corrected chi connectivity index (χ4v) is 3.57. The van der Waals surface area contributed by atoms with Gasteiger partial charge in [0.1, 0.15) is 5.75 Å². The summed E-state index contributed by atoms with van der Waals surface area (Å²) in [7, 11) is 0. The number of carbonyl (C=O) groups is 3. The van der Waals surface area contributed by atoms with Crippen molar-refractivity contribution in [2.24, 2.45) is 0 Å². The van der Waals surface area contributed by atoms with Crippen LogP contribution in [0.15, 0.2) is 42.5 Å². The minimum atomic E-state index is -1.19. The Kier molecular flexibility index (Phi) is 10.4. The Morgan fingerprint density at radius 3 is 1.88 bits per heavy atom. The largest absolute Gasteiger partial charge is 0.478 e. The molecule has 0 heterocycles. The van der Waals surface area contributed by atoms with Crippen LogP contribution in [0, 0.1) is 0 Å². The Labute approximate surface area is 189 Å². The van der Waals surface area contributed by atoms with Crippen LogP contribution in [0.25, 0.3) is 0 Å². The lowest BCUT2D eigenvalue weighted by molar-refractivity contribution is 0.0666. The highest BCUT2D eigenvalue weighted by atomic mass is 16.5. The molecule has 0 spiro atoms. The molecule has 172 valence electrons. The molecule has 6 heteroatoms. The van der Waals surface area contributed by atoms with Crippen molar-refractivity contribution >= 4 is 17.9 Å². The molecule has 2 aromatic carbocycles. The van der Waals surface area contributed by atoms with Crippen molar-refractivity contribution in [3.8, 4) is 5.75 Å². The van der Waals surface area contributed by atoms with Crippen molar-refractivity contribution in [2.75, 3.05) is 0 Å². The number of hydrogen-bond acceptors (Lipinski definition) is 4. The van der Waals surface area contributed by atoms with Gasteiger partial charge >= 0.3 is 17.9 Å². The van der Waals surface area contributed by atoms with Gasteiger partial charge in [-0.1, -0.05) is 64.4 Å². The molecule has 0 radical (unpaired) electrons. The van der Waals surface area contributed by atoms with Gasteiger partial charge in [0.05, 0.1) is 16.7 Å². The van der Waals surface area contributed by atoms with E-state index in [2.05, 4.69) is 6.92 Å². The van der Waals surface area contributed by atoms with E-state index in [-0.39, 0.29) is 22.4 Å². The van der Waals surface area contributed by atoms with E-state index < -0.39 is 17.9 Å². The maximum absolute atomic E-state index is 12.5. The molecular formula is C26H32O6. The quantitative estimate of drug-likeness (QED) is 0.201. The zero-order valence-corrected chi connectivity index (χ0v) is 18.6. The summed E-state index contributed by atoms with van der Waals surface area (Å²) in [5, 5.41) is 18.5. The predicted octanol–water partition coefficient (Wildman–Crippen LogP) is 6.38. The zero-order chi connectivity index (χ0) is 23.3. The van der Waals surface area contributed by atoms with Crippen molar-refractivity contribution in [1.29, 1.82) is 0 Å². The van der Waals surface area contributed by atoms with Gasteiger partial charge in [0.2, 0.25) is 0 Å². The molecule has 0 saturated heterocycles. The van der Waals surface area contributed by atoms with Gasteiger partial charge in [-0.05, 0) is 54.8 Å². The molecule has 0 atom stereocenters. The van der Waals surface area contributed by atoms with Crippen LogP contribution in [0.2, 0.25) is 0 Å². The topological polar surface area (TPSA) is 101 Å². The number of carboxylic acid groups (broad SMARTS) is 2. The van der Waals surface area contributed by atoms with Crippen molar-refractivity contribution in [3.05, 3.63) is 64.7 Å².